The van der Waals surface area contributed by atoms with Gasteiger partial charge in [-0.25, -0.2) is 0 Å². The lowest BCUT2D eigenvalue weighted by atomic mass is 9.99. The van der Waals surface area contributed by atoms with Crippen molar-refractivity contribution in [3.8, 4) is 0 Å². The lowest BCUT2D eigenvalue weighted by molar-refractivity contribution is 0.483. The summed E-state index contributed by atoms with van der Waals surface area (Å²) in [5, 5.41) is 0. The van der Waals surface area contributed by atoms with E-state index in [1.54, 1.807) is 31.8 Å². The van der Waals surface area contributed by atoms with Crippen LogP contribution < -0.4 is 0 Å². The maximum absolute atomic E-state index is 3.27. The molecule has 0 aromatic rings. The highest BCUT2D eigenvalue weighted by molar-refractivity contribution is 7.59. The highest BCUT2D eigenvalue weighted by atomic mass is 31.1. The van der Waals surface area contributed by atoms with Crippen LogP contribution in [0, 0.1) is 0 Å². The summed E-state index contributed by atoms with van der Waals surface area (Å²) in [5.41, 5.74) is 3.21. The zero-order valence-corrected chi connectivity index (χ0v) is 18.5. The Bertz CT molecular complexity index is 274. The molecule has 0 bridgehead atoms. The molecule has 0 saturated heterocycles. The standard InChI is InChI=1S/C22H44P2/c1-2-3-4-5-6-9-14-20(23)19-24(21-15-10-7-11-16-21)22-17-12-8-13-18-22/h20-22H,2-19,23H2,1H3. The smallest absolute Gasteiger partial charge is 0.0206 e. The van der Waals surface area contributed by atoms with Gasteiger partial charge in [0, 0.05) is 0 Å². The molecule has 0 heterocycles. The van der Waals surface area contributed by atoms with Crippen molar-refractivity contribution in [3.63, 3.8) is 0 Å². The van der Waals surface area contributed by atoms with Crippen molar-refractivity contribution in [2.75, 3.05) is 6.16 Å². The Morgan fingerprint density at radius 3 is 1.79 bits per heavy atom. The Balaban J connectivity index is 1.73. The van der Waals surface area contributed by atoms with Gasteiger partial charge in [0.2, 0.25) is 0 Å². The molecule has 0 aromatic carbocycles. The van der Waals surface area contributed by atoms with E-state index in [1.807, 2.05) is 0 Å². The summed E-state index contributed by atoms with van der Waals surface area (Å²) in [4.78, 5) is 0. The van der Waals surface area contributed by atoms with E-state index in [0.29, 0.717) is 7.92 Å². The Labute approximate surface area is 156 Å². The van der Waals surface area contributed by atoms with Gasteiger partial charge < -0.3 is 0 Å². The summed E-state index contributed by atoms with van der Waals surface area (Å²) in [5.74, 6) is 0. The molecule has 0 nitrogen and oxygen atoms in total. The van der Waals surface area contributed by atoms with Crippen LogP contribution in [-0.4, -0.2) is 23.1 Å². The van der Waals surface area contributed by atoms with E-state index in [-0.39, 0.29) is 0 Å². The minimum Gasteiger partial charge on any atom is -0.134 e. The Morgan fingerprint density at radius 2 is 1.25 bits per heavy atom. The second kappa shape index (κ2) is 13.1. The first-order chi connectivity index (χ1) is 11.8. The summed E-state index contributed by atoms with van der Waals surface area (Å²) in [6.07, 6.45) is 27.3. The lowest BCUT2D eigenvalue weighted by Crippen LogP contribution is -2.24. The van der Waals surface area contributed by atoms with Gasteiger partial charge in [0.05, 0.1) is 0 Å². The van der Waals surface area contributed by atoms with Crippen LogP contribution >= 0.6 is 17.2 Å². The van der Waals surface area contributed by atoms with Crippen molar-refractivity contribution >= 4 is 17.2 Å². The Hall–Kier alpha value is 0.860. The fourth-order valence-electron chi connectivity index (χ4n) is 4.97. The first-order valence-electron chi connectivity index (χ1n) is 11.3. The molecule has 2 saturated carbocycles. The van der Waals surface area contributed by atoms with Gasteiger partial charge in [-0.1, -0.05) is 91.9 Å². The van der Waals surface area contributed by atoms with E-state index in [0.717, 1.165) is 17.0 Å². The molecule has 0 aliphatic heterocycles. The molecular formula is C22H44P2. The van der Waals surface area contributed by atoms with Crippen molar-refractivity contribution in [3.05, 3.63) is 0 Å². The van der Waals surface area contributed by atoms with Crippen molar-refractivity contribution in [2.24, 2.45) is 0 Å². The third-order valence-electron chi connectivity index (χ3n) is 6.46. The van der Waals surface area contributed by atoms with Crippen LogP contribution in [0.1, 0.15) is 116 Å². The molecule has 2 atom stereocenters. The van der Waals surface area contributed by atoms with Gasteiger partial charge in [-0.3, -0.25) is 0 Å². The summed E-state index contributed by atoms with van der Waals surface area (Å²) in [7, 11) is 3.58. The monoisotopic (exact) mass is 370 g/mol. The maximum Gasteiger partial charge on any atom is -0.0206 e. The van der Waals surface area contributed by atoms with Crippen molar-refractivity contribution in [2.45, 2.75) is 133 Å². The molecule has 0 radical (unpaired) electrons. The molecule has 0 spiro atoms. The summed E-state index contributed by atoms with van der Waals surface area (Å²) >= 11 is 0. The van der Waals surface area contributed by atoms with E-state index < -0.39 is 0 Å². The molecule has 2 aliphatic carbocycles. The van der Waals surface area contributed by atoms with Gasteiger partial charge in [-0.05, 0) is 55.2 Å². The normalized spacial score (nSPS) is 22.1. The van der Waals surface area contributed by atoms with Crippen molar-refractivity contribution in [1.82, 2.24) is 0 Å². The van der Waals surface area contributed by atoms with E-state index >= 15 is 0 Å². The minimum atomic E-state index is 0.313. The Kier molecular flexibility index (Phi) is 11.5. The Morgan fingerprint density at radius 1 is 0.750 bits per heavy atom. The summed E-state index contributed by atoms with van der Waals surface area (Å²) in [6.45, 7) is 2.32. The van der Waals surface area contributed by atoms with Crippen LogP contribution in [0.5, 0.6) is 0 Å². The highest BCUT2D eigenvalue weighted by Gasteiger charge is 2.31. The number of hydrogen-bond acceptors (Lipinski definition) is 0. The topological polar surface area (TPSA) is 0 Å². The van der Waals surface area contributed by atoms with Crippen LogP contribution in [0.2, 0.25) is 0 Å². The van der Waals surface area contributed by atoms with Gasteiger partial charge in [-0.15, -0.1) is 9.24 Å². The molecule has 142 valence electrons. The molecule has 0 amide bonds. The predicted octanol–water partition coefficient (Wildman–Crippen LogP) is 8.13. The SMILES string of the molecule is CCCCCCCCC(P)CP(C1CCCCC1)C1CCCCC1. The number of hydrogen-bond donors (Lipinski definition) is 0. The molecule has 0 N–H and O–H groups in total. The largest absolute Gasteiger partial charge is 0.134 e. The third kappa shape index (κ3) is 8.04. The quantitative estimate of drug-likeness (QED) is 0.254. The minimum absolute atomic E-state index is 0.313. The van der Waals surface area contributed by atoms with Gasteiger partial charge in [0.25, 0.3) is 0 Å². The summed E-state index contributed by atoms with van der Waals surface area (Å²) < 4.78 is 0. The van der Waals surface area contributed by atoms with Crippen LogP contribution in [-0.2, 0) is 0 Å². The maximum atomic E-state index is 3.27. The van der Waals surface area contributed by atoms with E-state index in [9.17, 15) is 0 Å². The lowest BCUT2D eigenvalue weighted by Gasteiger charge is -2.40. The molecule has 2 fully saturated rings. The van der Waals surface area contributed by atoms with Gasteiger partial charge in [-0.2, -0.15) is 0 Å². The fraction of sp³-hybridized carbons (Fsp3) is 1.00. The predicted molar refractivity (Wildman–Crippen MR) is 117 cm³/mol. The van der Waals surface area contributed by atoms with E-state index in [4.69, 9.17) is 0 Å². The van der Waals surface area contributed by atoms with Crippen LogP contribution in [0.3, 0.4) is 0 Å². The zero-order valence-electron chi connectivity index (χ0n) is 16.5. The molecule has 2 unspecified atom stereocenters. The zero-order chi connectivity index (χ0) is 17.0. The first-order valence-corrected chi connectivity index (χ1v) is 13.7. The molecule has 2 aliphatic rings. The fourth-order valence-corrected chi connectivity index (χ4v) is 9.91. The number of unbranched alkanes of at least 4 members (excludes halogenated alkanes) is 5. The van der Waals surface area contributed by atoms with E-state index in [2.05, 4.69) is 16.2 Å². The van der Waals surface area contributed by atoms with Crippen LogP contribution in [0.15, 0.2) is 0 Å². The van der Waals surface area contributed by atoms with Crippen LogP contribution in [0.4, 0.5) is 0 Å². The van der Waals surface area contributed by atoms with Crippen LogP contribution in [0.25, 0.3) is 0 Å². The average Bonchev–Trinajstić information content (AvgIpc) is 2.64. The highest BCUT2D eigenvalue weighted by Crippen LogP contribution is 2.56. The molecule has 2 rings (SSSR count). The first kappa shape index (κ1) is 21.2. The second-order valence-electron chi connectivity index (χ2n) is 8.60. The third-order valence-corrected chi connectivity index (χ3v) is 11.2. The molecule has 2 heteroatoms. The van der Waals surface area contributed by atoms with Crippen molar-refractivity contribution < 1.29 is 0 Å². The van der Waals surface area contributed by atoms with Gasteiger partial charge in [0.15, 0.2) is 0 Å². The molecule has 0 aromatic heterocycles. The summed E-state index contributed by atoms with van der Waals surface area (Å²) in [6, 6.07) is 0. The number of rotatable bonds is 11. The molecular weight excluding hydrogens is 326 g/mol. The second-order valence-corrected chi connectivity index (χ2v) is 12.4. The van der Waals surface area contributed by atoms with Gasteiger partial charge >= 0.3 is 0 Å². The average molecular weight is 371 g/mol. The van der Waals surface area contributed by atoms with Crippen molar-refractivity contribution in [1.29, 1.82) is 0 Å². The van der Waals surface area contributed by atoms with E-state index in [1.165, 1.54) is 83.5 Å². The molecule has 24 heavy (non-hydrogen) atoms. The van der Waals surface area contributed by atoms with Gasteiger partial charge in [0.1, 0.15) is 0 Å².